The number of hydrogen-bond donors (Lipinski definition) is 1. The van der Waals surface area contributed by atoms with Crippen LogP contribution in [-0.4, -0.2) is 13.7 Å². The summed E-state index contributed by atoms with van der Waals surface area (Å²) in [7, 11) is 1.65. The first-order valence-electron chi connectivity index (χ1n) is 7.93. The Morgan fingerprint density at radius 2 is 1.83 bits per heavy atom. The highest BCUT2D eigenvalue weighted by Gasteiger charge is 2.11. The zero-order chi connectivity index (χ0) is 16.9. The summed E-state index contributed by atoms with van der Waals surface area (Å²) in [6, 6.07) is 18.7. The van der Waals surface area contributed by atoms with Crippen molar-refractivity contribution in [3.8, 4) is 11.5 Å². The second-order valence-corrected chi connectivity index (χ2v) is 6.28. The fourth-order valence-electron chi connectivity index (χ4n) is 2.76. The Hall–Kier alpha value is -2.20. The zero-order valence-corrected chi connectivity index (χ0v) is 15.4. The lowest BCUT2D eigenvalue weighted by Gasteiger charge is -2.15. The zero-order valence-electron chi connectivity index (χ0n) is 13.8. The van der Waals surface area contributed by atoms with Gasteiger partial charge in [0, 0.05) is 17.6 Å². The van der Waals surface area contributed by atoms with Crippen molar-refractivity contribution < 1.29 is 9.47 Å². The van der Waals surface area contributed by atoms with E-state index < -0.39 is 0 Å². The molecule has 0 heterocycles. The molecule has 3 rings (SSSR count). The minimum atomic E-state index is 0.600. The van der Waals surface area contributed by atoms with E-state index in [-0.39, 0.29) is 0 Å². The molecule has 0 spiro atoms. The smallest absolute Gasteiger partial charge is 0.174 e. The van der Waals surface area contributed by atoms with Crippen molar-refractivity contribution in [3.63, 3.8) is 0 Å². The van der Waals surface area contributed by atoms with Gasteiger partial charge in [0.15, 0.2) is 11.5 Å². The van der Waals surface area contributed by atoms with Crippen molar-refractivity contribution in [2.75, 3.05) is 19.0 Å². The van der Waals surface area contributed by atoms with Crippen LogP contribution in [0.2, 0.25) is 0 Å². The molecular formula is C20H20BrNO2. The summed E-state index contributed by atoms with van der Waals surface area (Å²) in [4.78, 5) is 0. The van der Waals surface area contributed by atoms with Gasteiger partial charge in [-0.2, -0.15) is 0 Å². The van der Waals surface area contributed by atoms with Crippen molar-refractivity contribution >= 4 is 32.4 Å². The van der Waals surface area contributed by atoms with Crippen LogP contribution < -0.4 is 14.8 Å². The Morgan fingerprint density at radius 1 is 1.04 bits per heavy atom. The van der Waals surface area contributed by atoms with E-state index in [1.807, 2.05) is 13.0 Å². The van der Waals surface area contributed by atoms with E-state index in [0.29, 0.717) is 13.2 Å². The van der Waals surface area contributed by atoms with E-state index in [1.54, 1.807) is 7.11 Å². The van der Waals surface area contributed by atoms with Crippen molar-refractivity contribution in [2.45, 2.75) is 13.5 Å². The monoisotopic (exact) mass is 385 g/mol. The molecule has 24 heavy (non-hydrogen) atoms. The van der Waals surface area contributed by atoms with Gasteiger partial charge in [0.25, 0.3) is 0 Å². The number of benzene rings is 3. The minimum absolute atomic E-state index is 0.600. The highest BCUT2D eigenvalue weighted by atomic mass is 79.9. The van der Waals surface area contributed by atoms with Crippen molar-refractivity contribution in [1.29, 1.82) is 0 Å². The minimum Gasteiger partial charge on any atom is -0.492 e. The van der Waals surface area contributed by atoms with Crippen molar-refractivity contribution in [2.24, 2.45) is 0 Å². The Labute approximate surface area is 150 Å². The average molecular weight is 386 g/mol. The molecule has 0 unspecified atom stereocenters. The lowest BCUT2D eigenvalue weighted by atomic mass is 10.1. The van der Waals surface area contributed by atoms with E-state index in [9.17, 15) is 0 Å². The van der Waals surface area contributed by atoms with Gasteiger partial charge in [0.1, 0.15) is 0 Å². The maximum Gasteiger partial charge on any atom is 0.174 e. The van der Waals surface area contributed by atoms with Crippen LogP contribution >= 0.6 is 15.9 Å². The summed E-state index contributed by atoms with van der Waals surface area (Å²) in [5, 5.41) is 5.97. The maximum absolute atomic E-state index is 5.69. The molecule has 0 bridgehead atoms. The SMILES string of the molecule is CCOc1cc(CNc2cccc3ccccc23)cc(Br)c1OC. The van der Waals surface area contributed by atoms with Gasteiger partial charge in [-0.15, -0.1) is 0 Å². The van der Waals surface area contributed by atoms with E-state index in [1.165, 1.54) is 10.8 Å². The largest absolute Gasteiger partial charge is 0.492 e. The molecule has 0 atom stereocenters. The lowest BCUT2D eigenvalue weighted by molar-refractivity contribution is 0.309. The first-order chi connectivity index (χ1) is 11.7. The fraction of sp³-hybridized carbons (Fsp3) is 0.200. The van der Waals surface area contributed by atoms with Crippen LogP contribution in [0.1, 0.15) is 12.5 Å². The summed E-state index contributed by atoms with van der Waals surface area (Å²) in [6.07, 6.45) is 0. The summed E-state index contributed by atoms with van der Waals surface area (Å²) in [5.74, 6) is 1.48. The summed E-state index contributed by atoms with van der Waals surface area (Å²) >= 11 is 3.56. The second-order valence-electron chi connectivity index (χ2n) is 5.42. The molecule has 3 aromatic carbocycles. The summed E-state index contributed by atoms with van der Waals surface area (Å²) in [6.45, 7) is 3.27. The van der Waals surface area contributed by atoms with Crippen LogP contribution in [0.3, 0.4) is 0 Å². The Kier molecular flexibility index (Phi) is 5.26. The predicted molar refractivity (Wildman–Crippen MR) is 103 cm³/mol. The molecule has 0 saturated heterocycles. The molecule has 124 valence electrons. The molecule has 0 aliphatic heterocycles. The molecule has 0 radical (unpaired) electrons. The standard InChI is InChI=1S/C20H20BrNO2/c1-3-24-19-12-14(11-17(21)20(19)23-2)13-22-18-10-6-8-15-7-4-5-9-16(15)18/h4-12,22H,3,13H2,1-2H3. The number of methoxy groups -OCH3 is 1. The van der Waals surface area contributed by atoms with Gasteiger partial charge in [-0.25, -0.2) is 0 Å². The van der Waals surface area contributed by atoms with Gasteiger partial charge < -0.3 is 14.8 Å². The number of anilines is 1. The third-order valence-corrected chi connectivity index (χ3v) is 4.43. The highest BCUT2D eigenvalue weighted by Crippen LogP contribution is 2.37. The van der Waals surface area contributed by atoms with Crippen LogP contribution in [0.15, 0.2) is 59.1 Å². The van der Waals surface area contributed by atoms with Crippen molar-refractivity contribution in [3.05, 3.63) is 64.6 Å². The number of fused-ring (bicyclic) bond motifs is 1. The van der Waals surface area contributed by atoms with Crippen LogP contribution in [0.5, 0.6) is 11.5 Å². The first kappa shape index (κ1) is 16.7. The van der Waals surface area contributed by atoms with Crippen LogP contribution in [0.25, 0.3) is 10.8 Å². The van der Waals surface area contributed by atoms with Gasteiger partial charge in [0.05, 0.1) is 18.2 Å². The topological polar surface area (TPSA) is 30.5 Å². The third-order valence-electron chi connectivity index (χ3n) is 3.85. The second kappa shape index (κ2) is 7.58. The number of ether oxygens (including phenoxy) is 2. The van der Waals surface area contributed by atoms with E-state index >= 15 is 0 Å². The first-order valence-corrected chi connectivity index (χ1v) is 8.73. The van der Waals surface area contributed by atoms with Gasteiger partial charge in [-0.3, -0.25) is 0 Å². The van der Waals surface area contributed by atoms with E-state index in [0.717, 1.165) is 27.2 Å². The molecule has 3 aromatic rings. The molecule has 0 aromatic heterocycles. The summed E-state index contributed by atoms with van der Waals surface area (Å²) in [5.41, 5.74) is 2.25. The Bertz CT molecular complexity index is 843. The van der Waals surface area contributed by atoms with Gasteiger partial charge in [0.2, 0.25) is 0 Å². The quantitative estimate of drug-likeness (QED) is 0.596. The fourth-order valence-corrected chi connectivity index (χ4v) is 3.41. The molecule has 0 aliphatic carbocycles. The predicted octanol–water partition coefficient (Wildman–Crippen LogP) is 5.62. The number of nitrogens with one attached hydrogen (secondary N) is 1. The van der Waals surface area contributed by atoms with Crippen LogP contribution in [0, 0.1) is 0 Å². The molecular weight excluding hydrogens is 366 g/mol. The van der Waals surface area contributed by atoms with Gasteiger partial charge >= 0.3 is 0 Å². The normalized spacial score (nSPS) is 10.6. The van der Waals surface area contributed by atoms with Crippen molar-refractivity contribution in [1.82, 2.24) is 0 Å². The molecule has 0 saturated carbocycles. The molecule has 0 aliphatic rings. The van der Waals surface area contributed by atoms with E-state index in [4.69, 9.17) is 9.47 Å². The number of halogens is 1. The third kappa shape index (κ3) is 3.49. The lowest BCUT2D eigenvalue weighted by Crippen LogP contribution is -2.02. The molecule has 4 heteroatoms. The molecule has 0 fully saturated rings. The Balaban J connectivity index is 1.86. The summed E-state index contributed by atoms with van der Waals surface area (Å²) < 4.78 is 12.0. The number of hydrogen-bond acceptors (Lipinski definition) is 3. The number of rotatable bonds is 6. The highest BCUT2D eigenvalue weighted by molar-refractivity contribution is 9.10. The molecule has 3 nitrogen and oxygen atoms in total. The maximum atomic E-state index is 5.69. The van der Waals surface area contributed by atoms with Crippen LogP contribution in [-0.2, 0) is 6.54 Å². The average Bonchev–Trinajstić information content (AvgIpc) is 2.60. The van der Waals surface area contributed by atoms with E-state index in [2.05, 4.69) is 69.8 Å². The Morgan fingerprint density at radius 3 is 2.62 bits per heavy atom. The van der Waals surface area contributed by atoms with Crippen LogP contribution in [0.4, 0.5) is 5.69 Å². The van der Waals surface area contributed by atoms with Gasteiger partial charge in [-0.1, -0.05) is 36.4 Å². The van der Waals surface area contributed by atoms with Gasteiger partial charge in [-0.05, 0) is 52.0 Å². The molecule has 0 amide bonds. The molecule has 1 N–H and O–H groups in total.